The van der Waals surface area contributed by atoms with Crippen LogP contribution in [0.1, 0.15) is 45.7 Å². The molecule has 19 heavy (non-hydrogen) atoms. The van der Waals surface area contributed by atoms with Gasteiger partial charge in [-0.05, 0) is 47.1 Å². The lowest BCUT2D eigenvalue weighted by atomic mass is 9.76. The van der Waals surface area contributed by atoms with E-state index in [4.69, 9.17) is 9.31 Å². The van der Waals surface area contributed by atoms with E-state index in [2.05, 4.69) is 16.8 Å². The molecule has 0 spiro atoms. The number of nitrogens with zero attached hydrogens (tertiary/aromatic N) is 1. The summed E-state index contributed by atoms with van der Waals surface area (Å²) in [4.78, 5) is 4.24. The third-order valence-electron chi connectivity index (χ3n) is 4.02. The van der Waals surface area contributed by atoms with E-state index in [0.29, 0.717) is 0 Å². The Hall–Kier alpha value is -1.31. The standard InChI is InChI=1S/C15H20BNO2/c1-7-8-12-9-17-10-13(11(12)2)16-18-14(3,4)15(5,6)19-16/h9-10H,1-6H3. The van der Waals surface area contributed by atoms with Crippen LogP contribution in [0.5, 0.6) is 0 Å². The minimum Gasteiger partial charge on any atom is -0.399 e. The summed E-state index contributed by atoms with van der Waals surface area (Å²) < 4.78 is 12.1. The van der Waals surface area contributed by atoms with Crippen molar-refractivity contribution >= 4 is 12.6 Å². The number of hydrogen-bond acceptors (Lipinski definition) is 3. The van der Waals surface area contributed by atoms with Crippen molar-refractivity contribution < 1.29 is 9.31 Å². The van der Waals surface area contributed by atoms with Gasteiger partial charge in [0.15, 0.2) is 0 Å². The summed E-state index contributed by atoms with van der Waals surface area (Å²) in [6.07, 6.45) is 3.58. The smallest absolute Gasteiger partial charge is 0.399 e. The van der Waals surface area contributed by atoms with Crippen LogP contribution in [-0.2, 0) is 9.31 Å². The van der Waals surface area contributed by atoms with Crippen LogP contribution in [0.15, 0.2) is 12.4 Å². The van der Waals surface area contributed by atoms with Crippen molar-refractivity contribution in [1.82, 2.24) is 4.98 Å². The summed E-state index contributed by atoms with van der Waals surface area (Å²) in [5.74, 6) is 5.96. The van der Waals surface area contributed by atoms with Gasteiger partial charge in [0, 0.05) is 23.4 Å². The molecule has 0 radical (unpaired) electrons. The van der Waals surface area contributed by atoms with Gasteiger partial charge in [-0.2, -0.15) is 0 Å². The molecular formula is C15H20BNO2. The summed E-state index contributed by atoms with van der Waals surface area (Å²) in [5, 5.41) is 0. The molecule has 1 aliphatic rings. The van der Waals surface area contributed by atoms with Gasteiger partial charge in [0.1, 0.15) is 0 Å². The van der Waals surface area contributed by atoms with E-state index < -0.39 is 0 Å². The van der Waals surface area contributed by atoms with Crippen molar-refractivity contribution in [3.63, 3.8) is 0 Å². The third kappa shape index (κ3) is 2.41. The van der Waals surface area contributed by atoms with Crippen LogP contribution in [0.3, 0.4) is 0 Å². The monoisotopic (exact) mass is 257 g/mol. The number of aromatic nitrogens is 1. The van der Waals surface area contributed by atoms with Crippen LogP contribution in [0, 0.1) is 18.8 Å². The van der Waals surface area contributed by atoms with Crippen LogP contribution in [0.25, 0.3) is 0 Å². The Kier molecular flexibility index (Phi) is 3.46. The highest BCUT2D eigenvalue weighted by atomic mass is 16.7. The van der Waals surface area contributed by atoms with E-state index in [1.54, 1.807) is 12.4 Å². The molecule has 0 amide bonds. The minimum absolute atomic E-state index is 0.337. The van der Waals surface area contributed by atoms with Gasteiger partial charge in [0.2, 0.25) is 0 Å². The second-order valence-corrected chi connectivity index (χ2v) is 5.86. The van der Waals surface area contributed by atoms with Crippen molar-refractivity contribution in [2.45, 2.75) is 52.7 Å². The molecule has 0 bridgehead atoms. The molecule has 2 rings (SSSR count). The summed E-state index contributed by atoms with van der Waals surface area (Å²) in [6.45, 7) is 12.0. The topological polar surface area (TPSA) is 31.4 Å². The highest BCUT2D eigenvalue weighted by Gasteiger charge is 2.52. The van der Waals surface area contributed by atoms with E-state index in [1.807, 2.05) is 41.5 Å². The highest BCUT2D eigenvalue weighted by Crippen LogP contribution is 2.36. The summed E-state index contributed by atoms with van der Waals surface area (Å²) >= 11 is 0. The quantitative estimate of drug-likeness (QED) is 0.570. The normalized spacial score (nSPS) is 20.0. The molecule has 1 saturated heterocycles. The molecule has 100 valence electrons. The van der Waals surface area contributed by atoms with E-state index in [-0.39, 0.29) is 18.3 Å². The Morgan fingerprint density at radius 1 is 1.11 bits per heavy atom. The fraction of sp³-hybridized carbons (Fsp3) is 0.533. The highest BCUT2D eigenvalue weighted by molar-refractivity contribution is 6.62. The Bertz CT molecular complexity index is 539. The largest absolute Gasteiger partial charge is 0.496 e. The Labute approximate surface area is 115 Å². The molecular weight excluding hydrogens is 237 g/mol. The zero-order valence-corrected chi connectivity index (χ0v) is 12.5. The molecule has 1 aliphatic heterocycles. The molecule has 2 heterocycles. The van der Waals surface area contributed by atoms with Crippen molar-refractivity contribution in [2.75, 3.05) is 0 Å². The first-order valence-corrected chi connectivity index (χ1v) is 6.51. The molecule has 1 fully saturated rings. The maximum Gasteiger partial charge on any atom is 0.496 e. The Morgan fingerprint density at radius 2 is 1.68 bits per heavy atom. The predicted molar refractivity (Wildman–Crippen MR) is 77.2 cm³/mol. The molecule has 0 aromatic carbocycles. The number of rotatable bonds is 1. The average molecular weight is 257 g/mol. The molecule has 0 atom stereocenters. The van der Waals surface area contributed by atoms with Crippen LogP contribution in [-0.4, -0.2) is 23.3 Å². The predicted octanol–water partition coefficient (Wildman–Crippen LogP) is 2.06. The average Bonchev–Trinajstić information content (AvgIpc) is 2.51. The molecule has 1 aromatic heterocycles. The van der Waals surface area contributed by atoms with Gasteiger partial charge in [-0.25, -0.2) is 0 Å². The number of pyridine rings is 1. The first-order chi connectivity index (χ1) is 8.78. The van der Waals surface area contributed by atoms with Crippen LogP contribution in [0.2, 0.25) is 0 Å². The second kappa shape index (κ2) is 4.66. The lowest BCUT2D eigenvalue weighted by Crippen LogP contribution is -2.41. The fourth-order valence-electron chi connectivity index (χ4n) is 2.01. The summed E-state index contributed by atoms with van der Waals surface area (Å²) in [5.41, 5.74) is 2.28. The maximum absolute atomic E-state index is 6.05. The molecule has 0 N–H and O–H groups in total. The van der Waals surface area contributed by atoms with E-state index in [1.165, 1.54) is 0 Å². The molecule has 0 aliphatic carbocycles. The van der Waals surface area contributed by atoms with Crippen molar-refractivity contribution in [1.29, 1.82) is 0 Å². The summed E-state index contributed by atoms with van der Waals surface area (Å²) in [7, 11) is -0.379. The van der Waals surface area contributed by atoms with E-state index >= 15 is 0 Å². The van der Waals surface area contributed by atoms with Gasteiger partial charge in [-0.15, -0.1) is 5.92 Å². The fourth-order valence-corrected chi connectivity index (χ4v) is 2.01. The lowest BCUT2D eigenvalue weighted by Gasteiger charge is -2.32. The molecule has 4 heteroatoms. The first kappa shape index (κ1) is 14.1. The van der Waals surface area contributed by atoms with E-state index in [0.717, 1.165) is 16.6 Å². The third-order valence-corrected chi connectivity index (χ3v) is 4.02. The minimum atomic E-state index is -0.379. The van der Waals surface area contributed by atoms with Crippen molar-refractivity contribution in [3.8, 4) is 11.8 Å². The maximum atomic E-state index is 6.05. The SMILES string of the molecule is CC#Cc1cncc(B2OC(C)(C)C(C)(C)O2)c1C. The van der Waals surface area contributed by atoms with Gasteiger partial charge >= 0.3 is 7.12 Å². The van der Waals surface area contributed by atoms with Gasteiger partial charge in [-0.3, -0.25) is 4.98 Å². The molecule has 0 saturated carbocycles. The molecule has 0 unspecified atom stereocenters. The van der Waals surface area contributed by atoms with Crippen LogP contribution in [0.4, 0.5) is 0 Å². The second-order valence-electron chi connectivity index (χ2n) is 5.86. The zero-order chi connectivity index (χ0) is 14.3. The molecule has 1 aromatic rings. The molecule has 3 nitrogen and oxygen atoms in total. The van der Waals surface area contributed by atoms with Crippen LogP contribution >= 0.6 is 0 Å². The number of hydrogen-bond donors (Lipinski definition) is 0. The van der Waals surface area contributed by atoms with Crippen molar-refractivity contribution in [3.05, 3.63) is 23.5 Å². The summed E-state index contributed by atoms with van der Waals surface area (Å²) in [6, 6.07) is 0. The van der Waals surface area contributed by atoms with Gasteiger partial charge in [0.25, 0.3) is 0 Å². The Morgan fingerprint density at radius 3 is 2.21 bits per heavy atom. The van der Waals surface area contributed by atoms with E-state index in [9.17, 15) is 0 Å². The van der Waals surface area contributed by atoms with Crippen molar-refractivity contribution in [2.24, 2.45) is 0 Å². The lowest BCUT2D eigenvalue weighted by molar-refractivity contribution is 0.00578. The van der Waals surface area contributed by atoms with Gasteiger partial charge < -0.3 is 9.31 Å². The van der Waals surface area contributed by atoms with Gasteiger partial charge in [-0.1, -0.05) is 5.92 Å². The van der Waals surface area contributed by atoms with Crippen LogP contribution < -0.4 is 5.46 Å². The zero-order valence-electron chi connectivity index (χ0n) is 12.5. The Balaban J connectivity index is 2.39. The van der Waals surface area contributed by atoms with Gasteiger partial charge in [0.05, 0.1) is 11.2 Å². The first-order valence-electron chi connectivity index (χ1n) is 6.51.